The van der Waals surface area contributed by atoms with Crippen LogP contribution in [0.15, 0.2) is 0 Å². The Morgan fingerprint density at radius 2 is 1.88 bits per heavy atom. The van der Waals surface area contributed by atoms with Crippen LogP contribution in [0.2, 0.25) is 0 Å². The second kappa shape index (κ2) is 6.17. The lowest BCUT2D eigenvalue weighted by Gasteiger charge is -2.06. The van der Waals surface area contributed by atoms with Crippen LogP contribution in [0.5, 0.6) is 0 Å². The molecule has 0 aromatic carbocycles. The first-order valence-corrected chi connectivity index (χ1v) is 8.79. The van der Waals surface area contributed by atoms with Crippen LogP contribution in [0.3, 0.4) is 0 Å². The molecule has 0 radical (unpaired) electrons. The van der Waals surface area contributed by atoms with E-state index in [1.807, 2.05) is 4.68 Å². The molecule has 1 heterocycles. The predicted molar refractivity (Wildman–Crippen MR) is 78.0 cm³/mol. The summed E-state index contributed by atoms with van der Waals surface area (Å²) >= 11 is 2.30. The van der Waals surface area contributed by atoms with Crippen molar-refractivity contribution >= 4 is 32.4 Å². The van der Waals surface area contributed by atoms with E-state index in [0.717, 1.165) is 24.2 Å². The third-order valence-electron chi connectivity index (χ3n) is 2.78. The number of nitrogens with zero attached hydrogens (tertiary/aromatic N) is 2. The van der Waals surface area contributed by atoms with Gasteiger partial charge in [-0.25, -0.2) is 8.42 Å². The number of aryl methyl sites for hydroxylation is 2. The van der Waals surface area contributed by atoms with Gasteiger partial charge < -0.3 is 0 Å². The molecule has 0 aliphatic rings. The van der Waals surface area contributed by atoms with Crippen molar-refractivity contribution in [2.75, 3.05) is 11.5 Å². The van der Waals surface area contributed by atoms with Crippen molar-refractivity contribution in [3.63, 3.8) is 0 Å². The van der Waals surface area contributed by atoms with Crippen LogP contribution in [0.1, 0.15) is 32.2 Å². The SMILES string of the molecule is CCc1nn(CCS(=O)(=O)CC)c(CC)c1I. The van der Waals surface area contributed by atoms with Gasteiger partial charge in [0.1, 0.15) is 0 Å². The predicted octanol–water partition coefficient (Wildman–Crippen LogP) is 2.05. The number of hydrogen-bond acceptors (Lipinski definition) is 3. The Balaban J connectivity index is 2.91. The summed E-state index contributed by atoms with van der Waals surface area (Å²) in [5.41, 5.74) is 2.21. The molecular weight excluding hydrogens is 351 g/mol. The molecule has 17 heavy (non-hydrogen) atoms. The Labute approximate surface area is 117 Å². The second-order valence-corrected chi connectivity index (χ2v) is 7.43. The van der Waals surface area contributed by atoms with Gasteiger partial charge in [0.15, 0.2) is 9.84 Å². The van der Waals surface area contributed by atoms with Gasteiger partial charge in [-0.15, -0.1) is 0 Å². The number of rotatable bonds is 6. The molecule has 1 aromatic rings. The van der Waals surface area contributed by atoms with E-state index < -0.39 is 9.84 Å². The molecule has 98 valence electrons. The Bertz CT molecular complexity index is 480. The van der Waals surface area contributed by atoms with Gasteiger partial charge in [0.05, 0.1) is 27.3 Å². The number of hydrogen-bond donors (Lipinski definition) is 0. The molecule has 0 aliphatic carbocycles. The topological polar surface area (TPSA) is 52.0 Å². The Hall–Kier alpha value is -0.110. The fraction of sp³-hybridized carbons (Fsp3) is 0.727. The maximum atomic E-state index is 11.5. The van der Waals surface area contributed by atoms with E-state index in [2.05, 4.69) is 41.5 Å². The molecule has 0 atom stereocenters. The lowest BCUT2D eigenvalue weighted by atomic mass is 10.2. The van der Waals surface area contributed by atoms with Crippen LogP contribution in [-0.2, 0) is 29.2 Å². The third kappa shape index (κ3) is 3.67. The zero-order chi connectivity index (χ0) is 13.1. The zero-order valence-corrected chi connectivity index (χ0v) is 13.5. The van der Waals surface area contributed by atoms with Crippen molar-refractivity contribution < 1.29 is 8.42 Å². The van der Waals surface area contributed by atoms with Crippen molar-refractivity contribution in [3.05, 3.63) is 15.0 Å². The second-order valence-electron chi connectivity index (χ2n) is 3.87. The van der Waals surface area contributed by atoms with E-state index in [-0.39, 0.29) is 11.5 Å². The molecule has 1 rings (SSSR count). The number of halogens is 1. The maximum Gasteiger partial charge on any atom is 0.151 e. The van der Waals surface area contributed by atoms with E-state index in [0.29, 0.717) is 6.54 Å². The highest BCUT2D eigenvalue weighted by atomic mass is 127. The van der Waals surface area contributed by atoms with Gasteiger partial charge >= 0.3 is 0 Å². The standard InChI is InChI=1S/C11H19IN2O2S/c1-4-9-11(12)10(5-2)14(13-9)7-8-17(15,16)6-3/h4-8H2,1-3H3. The first kappa shape index (κ1) is 14.9. The van der Waals surface area contributed by atoms with E-state index in [1.54, 1.807) is 6.92 Å². The van der Waals surface area contributed by atoms with Crippen LogP contribution < -0.4 is 0 Å². The largest absolute Gasteiger partial charge is 0.267 e. The number of sulfone groups is 1. The fourth-order valence-electron chi connectivity index (χ4n) is 1.65. The van der Waals surface area contributed by atoms with Crippen molar-refractivity contribution in [1.82, 2.24) is 9.78 Å². The monoisotopic (exact) mass is 370 g/mol. The summed E-state index contributed by atoms with van der Waals surface area (Å²) < 4.78 is 26.0. The molecule has 4 nitrogen and oxygen atoms in total. The molecule has 0 amide bonds. The Morgan fingerprint density at radius 3 is 2.35 bits per heavy atom. The average molecular weight is 370 g/mol. The minimum absolute atomic E-state index is 0.178. The average Bonchev–Trinajstić information content (AvgIpc) is 2.62. The van der Waals surface area contributed by atoms with Crippen LogP contribution >= 0.6 is 22.6 Å². The minimum atomic E-state index is -2.92. The van der Waals surface area contributed by atoms with Gasteiger partial charge in [-0.2, -0.15) is 5.10 Å². The van der Waals surface area contributed by atoms with Crippen LogP contribution in [0.4, 0.5) is 0 Å². The van der Waals surface area contributed by atoms with E-state index in [9.17, 15) is 8.42 Å². The Kier molecular flexibility index (Phi) is 5.43. The van der Waals surface area contributed by atoms with Gasteiger partial charge in [-0.05, 0) is 35.4 Å². The Morgan fingerprint density at radius 1 is 1.24 bits per heavy atom. The molecule has 0 aliphatic heterocycles. The molecule has 0 bridgehead atoms. The summed E-state index contributed by atoms with van der Waals surface area (Å²) in [5, 5.41) is 4.48. The molecule has 0 saturated heterocycles. The smallest absolute Gasteiger partial charge is 0.151 e. The molecule has 0 fully saturated rings. The molecular formula is C11H19IN2O2S. The highest BCUT2D eigenvalue weighted by Crippen LogP contribution is 2.18. The minimum Gasteiger partial charge on any atom is -0.267 e. The fourth-order valence-corrected chi connectivity index (χ4v) is 3.54. The highest BCUT2D eigenvalue weighted by molar-refractivity contribution is 14.1. The summed E-state index contributed by atoms with van der Waals surface area (Å²) in [6, 6.07) is 0. The van der Waals surface area contributed by atoms with Gasteiger partial charge in [0.25, 0.3) is 0 Å². The van der Waals surface area contributed by atoms with E-state index in [1.165, 1.54) is 3.57 Å². The van der Waals surface area contributed by atoms with E-state index >= 15 is 0 Å². The van der Waals surface area contributed by atoms with Crippen LogP contribution in [0.25, 0.3) is 0 Å². The zero-order valence-electron chi connectivity index (χ0n) is 10.5. The third-order valence-corrected chi connectivity index (χ3v) is 5.71. The molecule has 0 unspecified atom stereocenters. The molecule has 6 heteroatoms. The first-order valence-electron chi connectivity index (χ1n) is 5.89. The molecule has 0 saturated carbocycles. The van der Waals surface area contributed by atoms with Gasteiger partial charge in [0, 0.05) is 5.75 Å². The summed E-state index contributed by atoms with van der Waals surface area (Å²) in [6.07, 6.45) is 1.77. The van der Waals surface area contributed by atoms with Crippen molar-refractivity contribution in [1.29, 1.82) is 0 Å². The van der Waals surface area contributed by atoms with E-state index in [4.69, 9.17) is 0 Å². The van der Waals surface area contributed by atoms with Crippen LogP contribution in [-0.4, -0.2) is 29.7 Å². The number of aromatic nitrogens is 2. The first-order chi connectivity index (χ1) is 7.95. The van der Waals surface area contributed by atoms with Crippen LogP contribution in [0, 0.1) is 3.57 Å². The lowest BCUT2D eigenvalue weighted by molar-refractivity contribution is 0.573. The quantitative estimate of drug-likeness (QED) is 0.721. The summed E-state index contributed by atoms with van der Waals surface area (Å²) in [7, 11) is -2.92. The molecule has 0 spiro atoms. The van der Waals surface area contributed by atoms with Crippen molar-refractivity contribution in [2.24, 2.45) is 0 Å². The summed E-state index contributed by atoms with van der Waals surface area (Å²) in [4.78, 5) is 0. The van der Waals surface area contributed by atoms with Gasteiger partial charge in [-0.1, -0.05) is 20.8 Å². The summed E-state index contributed by atoms with van der Waals surface area (Å²) in [5.74, 6) is 0.380. The van der Waals surface area contributed by atoms with Crippen molar-refractivity contribution in [2.45, 2.75) is 40.2 Å². The normalized spacial score (nSPS) is 12.0. The highest BCUT2D eigenvalue weighted by Gasteiger charge is 2.15. The maximum absolute atomic E-state index is 11.5. The summed E-state index contributed by atoms with van der Waals surface area (Å²) in [6.45, 7) is 6.29. The lowest BCUT2D eigenvalue weighted by Crippen LogP contribution is -2.17. The molecule has 0 N–H and O–H groups in total. The van der Waals surface area contributed by atoms with Gasteiger partial charge in [-0.3, -0.25) is 4.68 Å². The van der Waals surface area contributed by atoms with Crippen molar-refractivity contribution in [3.8, 4) is 0 Å². The molecule has 1 aromatic heterocycles. The van der Waals surface area contributed by atoms with Gasteiger partial charge in [0.2, 0.25) is 0 Å².